The first kappa shape index (κ1) is 16.8. The van der Waals surface area contributed by atoms with Crippen LogP contribution < -0.4 is 5.32 Å². The summed E-state index contributed by atoms with van der Waals surface area (Å²) in [5, 5.41) is 8.46. The quantitative estimate of drug-likeness (QED) is 0.768. The van der Waals surface area contributed by atoms with E-state index in [0.717, 1.165) is 53.5 Å². The monoisotopic (exact) mass is 348 g/mol. The van der Waals surface area contributed by atoms with Crippen LogP contribution in [0.1, 0.15) is 53.5 Å². The van der Waals surface area contributed by atoms with E-state index in [2.05, 4.69) is 36.4 Å². The summed E-state index contributed by atoms with van der Waals surface area (Å²) >= 11 is 0. The fraction of sp³-hybridized carbons (Fsp3) is 0.381. The second-order valence-electron chi connectivity index (χ2n) is 7.18. The lowest BCUT2D eigenvalue weighted by Gasteiger charge is -2.12. The number of hydrogen-bond acceptors (Lipinski definition) is 3. The number of benzene rings is 1. The molecule has 0 fully saturated rings. The van der Waals surface area contributed by atoms with E-state index in [0.29, 0.717) is 6.54 Å². The van der Waals surface area contributed by atoms with Crippen LogP contribution in [0, 0.1) is 0 Å². The maximum Gasteiger partial charge on any atom is 0.252 e. The number of carbonyl (C=O) groups excluding carboxylic acids is 1. The summed E-state index contributed by atoms with van der Waals surface area (Å²) < 4.78 is 1.91. The highest BCUT2D eigenvalue weighted by Gasteiger charge is 2.26. The first-order valence-corrected chi connectivity index (χ1v) is 9.36. The number of fused-ring (bicyclic) bond motifs is 2. The molecule has 134 valence electrons. The van der Waals surface area contributed by atoms with Crippen LogP contribution in [0.5, 0.6) is 0 Å². The first-order valence-electron chi connectivity index (χ1n) is 9.36. The van der Waals surface area contributed by atoms with Gasteiger partial charge in [-0.1, -0.05) is 30.3 Å². The molecule has 0 aliphatic heterocycles. The Morgan fingerprint density at radius 3 is 2.81 bits per heavy atom. The zero-order chi connectivity index (χ0) is 18.1. The highest BCUT2D eigenvalue weighted by molar-refractivity contribution is 6.07. The van der Waals surface area contributed by atoms with Crippen LogP contribution >= 0.6 is 0 Å². The van der Waals surface area contributed by atoms with Crippen molar-refractivity contribution in [3.63, 3.8) is 0 Å². The third-order valence-electron chi connectivity index (χ3n) is 5.03. The number of nitrogens with one attached hydrogen (secondary N) is 1. The molecule has 0 saturated carbocycles. The molecule has 26 heavy (non-hydrogen) atoms. The van der Waals surface area contributed by atoms with Gasteiger partial charge in [-0.15, -0.1) is 0 Å². The fourth-order valence-electron chi connectivity index (χ4n) is 3.75. The Balaban J connectivity index is 1.63. The average Bonchev–Trinajstić information content (AvgIpc) is 3.26. The van der Waals surface area contributed by atoms with E-state index in [-0.39, 0.29) is 11.9 Å². The van der Waals surface area contributed by atoms with Gasteiger partial charge in [0.2, 0.25) is 0 Å². The van der Waals surface area contributed by atoms with Crippen LogP contribution in [-0.2, 0) is 19.3 Å². The third-order valence-corrected chi connectivity index (χ3v) is 5.03. The van der Waals surface area contributed by atoms with E-state index < -0.39 is 0 Å². The van der Waals surface area contributed by atoms with Crippen molar-refractivity contribution in [3.05, 3.63) is 58.9 Å². The molecule has 3 aromatic rings. The normalized spacial score (nSPS) is 13.3. The zero-order valence-corrected chi connectivity index (χ0v) is 15.3. The molecule has 1 aliphatic carbocycles. The van der Waals surface area contributed by atoms with Crippen molar-refractivity contribution in [3.8, 4) is 0 Å². The Labute approximate surface area is 153 Å². The molecule has 2 aromatic heterocycles. The van der Waals surface area contributed by atoms with E-state index in [4.69, 9.17) is 4.98 Å². The van der Waals surface area contributed by atoms with Crippen LogP contribution in [0.4, 0.5) is 0 Å². The molecule has 1 aliphatic rings. The summed E-state index contributed by atoms with van der Waals surface area (Å²) in [7, 11) is 0. The number of rotatable bonds is 5. The van der Waals surface area contributed by atoms with Crippen LogP contribution in [0.25, 0.3) is 11.0 Å². The molecule has 2 heterocycles. The van der Waals surface area contributed by atoms with Gasteiger partial charge in [0.05, 0.1) is 17.1 Å². The molecular weight excluding hydrogens is 324 g/mol. The highest BCUT2D eigenvalue weighted by atomic mass is 16.1. The lowest BCUT2D eigenvalue weighted by molar-refractivity contribution is 0.0955. The number of hydrogen-bond donors (Lipinski definition) is 1. The summed E-state index contributed by atoms with van der Waals surface area (Å²) in [6, 6.07) is 10.4. The lowest BCUT2D eigenvalue weighted by Crippen LogP contribution is -2.27. The standard InChI is InChI=1S/C21H24N4O/c1-14(2)25-20-17(13-23-25)19(16-9-6-10-18(16)24-20)21(26)22-12-11-15-7-4-3-5-8-15/h3-5,7-8,13-14H,6,9-12H2,1-2H3,(H,22,26). The van der Waals surface area contributed by atoms with Gasteiger partial charge in [-0.05, 0) is 50.7 Å². The second-order valence-corrected chi connectivity index (χ2v) is 7.18. The molecule has 0 radical (unpaired) electrons. The van der Waals surface area contributed by atoms with Crippen LogP contribution in [-0.4, -0.2) is 27.2 Å². The minimum atomic E-state index is -0.00483. The van der Waals surface area contributed by atoms with E-state index >= 15 is 0 Å². The van der Waals surface area contributed by atoms with Gasteiger partial charge in [-0.3, -0.25) is 4.79 Å². The maximum absolute atomic E-state index is 13.0. The van der Waals surface area contributed by atoms with Gasteiger partial charge in [0.25, 0.3) is 5.91 Å². The Hall–Kier alpha value is -2.69. The molecule has 1 amide bonds. The van der Waals surface area contributed by atoms with E-state index in [1.807, 2.05) is 22.9 Å². The fourth-order valence-corrected chi connectivity index (χ4v) is 3.75. The smallest absolute Gasteiger partial charge is 0.252 e. The van der Waals surface area contributed by atoms with E-state index in [1.165, 1.54) is 5.56 Å². The Kier molecular flexibility index (Phi) is 4.45. The predicted molar refractivity (Wildman–Crippen MR) is 102 cm³/mol. The van der Waals surface area contributed by atoms with Crippen molar-refractivity contribution in [1.29, 1.82) is 0 Å². The second kappa shape index (κ2) is 6.90. The van der Waals surface area contributed by atoms with Crippen molar-refractivity contribution in [2.75, 3.05) is 6.54 Å². The summed E-state index contributed by atoms with van der Waals surface area (Å²) in [4.78, 5) is 17.8. The minimum absolute atomic E-state index is 0.00483. The van der Waals surface area contributed by atoms with Gasteiger partial charge in [-0.25, -0.2) is 9.67 Å². The van der Waals surface area contributed by atoms with Gasteiger partial charge in [0, 0.05) is 18.3 Å². The largest absolute Gasteiger partial charge is 0.352 e. The number of carbonyl (C=O) groups is 1. The van der Waals surface area contributed by atoms with Crippen molar-refractivity contribution in [1.82, 2.24) is 20.1 Å². The summed E-state index contributed by atoms with van der Waals surface area (Å²) in [6.07, 6.45) is 5.56. The van der Waals surface area contributed by atoms with Crippen molar-refractivity contribution >= 4 is 16.9 Å². The SMILES string of the molecule is CC(C)n1ncc2c(C(=O)NCCc3ccccc3)c3c(nc21)CCC3. The van der Waals surface area contributed by atoms with E-state index in [9.17, 15) is 4.79 Å². The minimum Gasteiger partial charge on any atom is -0.352 e. The molecule has 0 bridgehead atoms. The molecule has 1 aromatic carbocycles. The summed E-state index contributed by atoms with van der Waals surface area (Å²) in [6.45, 7) is 4.79. The summed E-state index contributed by atoms with van der Waals surface area (Å²) in [5.74, 6) is -0.00483. The zero-order valence-electron chi connectivity index (χ0n) is 15.3. The number of aryl methyl sites for hydroxylation is 1. The topological polar surface area (TPSA) is 59.8 Å². The predicted octanol–water partition coefficient (Wildman–Crippen LogP) is 3.47. The molecule has 0 atom stereocenters. The summed E-state index contributed by atoms with van der Waals surface area (Å²) in [5.41, 5.74) is 5.01. The molecule has 0 unspecified atom stereocenters. The average molecular weight is 348 g/mol. The number of nitrogens with zero attached hydrogens (tertiary/aromatic N) is 3. The molecular formula is C21H24N4O. The molecule has 5 heteroatoms. The Bertz CT molecular complexity index is 944. The maximum atomic E-state index is 13.0. The number of amides is 1. The Morgan fingerprint density at radius 1 is 1.23 bits per heavy atom. The van der Waals surface area contributed by atoms with Crippen LogP contribution in [0.3, 0.4) is 0 Å². The highest BCUT2D eigenvalue weighted by Crippen LogP contribution is 2.30. The number of pyridine rings is 1. The van der Waals surface area contributed by atoms with Crippen molar-refractivity contribution < 1.29 is 4.79 Å². The molecule has 0 spiro atoms. The van der Waals surface area contributed by atoms with Crippen molar-refractivity contribution in [2.24, 2.45) is 0 Å². The third kappa shape index (κ3) is 2.98. The van der Waals surface area contributed by atoms with Crippen LogP contribution in [0.2, 0.25) is 0 Å². The van der Waals surface area contributed by atoms with Gasteiger partial charge in [0.1, 0.15) is 0 Å². The lowest BCUT2D eigenvalue weighted by atomic mass is 10.0. The molecule has 1 N–H and O–H groups in total. The van der Waals surface area contributed by atoms with Crippen LogP contribution in [0.15, 0.2) is 36.5 Å². The van der Waals surface area contributed by atoms with Gasteiger partial charge < -0.3 is 5.32 Å². The molecule has 5 nitrogen and oxygen atoms in total. The Morgan fingerprint density at radius 2 is 2.04 bits per heavy atom. The van der Waals surface area contributed by atoms with Gasteiger partial charge in [0.15, 0.2) is 5.65 Å². The van der Waals surface area contributed by atoms with Crippen molar-refractivity contribution in [2.45, 2.75) is 45.6 Å². The van der Waals surface area contributed by atoms with E-state index in [1.54, 1.807) is 6.20 Å². The van der Waals surface area contributed by atoms with Gasteiger partial charge in [-0.2, -0.15) is 5.10 Å². The first-order chi connectivity index (χ1) is 12.6. The molecule has 4 rings (SSSR count). The van der Waals surface area contributed by atoms with Gasteiger partial charge >= 0.3 is 0 Å². The number of aromatic nitrogens is 3. The molecule has 0 saturated heterocycles.